The Balaban J connectivity index is 1.63. The van der Waals surface area contributed by atoms with E-state index in [0.717, 1.165) is 23.6 Å². The first-order valence-corrected chi connectivity index (χ1v) is 8.60. The van der Waals surface area contributed by atoms with Crippen LogP contribution in [0, 0.1) is 0 Å². The Bertz CT molecular complexity index is 1160. The Kier molecular flexibility index (Phi) is 3.31. The number of carbonyl (C=O) groups excluding carboxylic acids is 1. The van der Waals surface area contributed by atoms with E-state index in [1.165, 1.54) is 0 Å². The van der Waals surface area contributed by atoms with Crippen LogP contribution in [-0.2, 0) is 6.18 Å². The van der Waals surface area contributed by atoms with Gasteiger partial charge in [-0.15, -0.1) is 0 Å². The van der Waals surface area contributed by atoms with E-state index in [-0.39, 0.29) is 23.5 Å². The van der Waals surface area contributed by atoms with Gasteiger partial charge >= 0.3 is 6.18 Å². The summed E-state index contributed by atoms with van der Waals surface area (Å²) in [7, 11) is 0. The Labute approximate surface area is 156 Å². The summed E-state index contributed by atoms with van der Waals surface area (Å²) >= 11 is 0. The zero-order valence-electron chi connectivity index (χ0n) is 14.3. The highest BCUT2D eigenvalue weighted by Crippen LogP contribution is 2.42. The molecule has 1 atom stereocenters. The molecule has 142 valence electrons. The lowest BCUT2D eigenvalue weighted by molar-refractivity contribution is -0.137. The monoisotopic (exact) mass is 386 g/mol. The number of Topliss-reactive ketones (excluding diaryl/α,β-unsaturated/α-hetero) is 1. The van der Waals surface area contributed by atoms with E-state index in [4.69, 9.17) is 4.42 Å². The number of aliphatic hydroxyl groups is 1. The number of aliphatic imine (C=N–C) groups is 1. The Morgan fingerprint density at radius 1 is 1.14 bits per heavy atom. The fourth-order valence-corrected chi connectivity index (χ4v) is 3.77. The van der Waals surface area contributed by atoms with E-state index >= 15 is 0 Å². The summed E-state index contributed by atoms with van der Waals surface area (Å²) in [4.78, 5) is 19.0. The molecule has 8 heteroatoms. The second kappa shape index (κ2) is 5.45. The molecule has 0 aliphatic carbocycles. The summed E-state index contributed by atoms with van der Waals surface area (Å²) in [5.74, 6) is -0.643. The number of fused-ring (bicyclic) bond motifs is 3. The van der Waals surface area contributed by atoms with Crippen molar-refractivity contribution in [1.29, 1.82) is 0 Å². The van der Waals surface area contributed by atoms with Gasteiger partial charge < -0.3 is 14.4 Å². The molecule has 1 fully saturated rings. The quantitative estimate of drug-likeness (QED) is 0.677. The molecule has 0 bridgehead atoms. The van der Waals surface area contributed by atoms with Gasteiger partial charge in [0.15, 0.2) is 5.60 Å². The summed E-state index contributed by atoms with van der Waals surface area (Å²) in [5.41, 5.74) is -1.67. The highest BCUT2D eigenvalue weighted by Gasteiger charge is 2.52. The van der Waals surface area contributed by atoms with Crippen LogP contribution >= 0.6 is 0 Å². The van der Waals surface area contributed by atoms with Crippen LogP contribution in [0.3, 0.4) is 0 Å². The fraction of sp³-hybridized carbons (Fsp3) is 0.200. The topological polar surface area (TPSA) is 66.0 Å². The average molecular weight is 386 g/mol. The summed E-state index contributed by atoms with van der Waals surface area (Å²) in [6, 6.07) is 10.1. The normalized spacial score (nSPS) is 21.6. The van der Waals surface area contributed by atoms with Gasteiger partial charge in [0.25, 0.3) is 0 Å². The van der Waals surface area contributed by atoms with Gasteiger partial charge in [-0.2, -0.15) is 13.2 Å². The molecule has 5 rings (SSSR count). The van der Waals surface area contributed by atoms with Gasteiger partial charge in [-0.05, 0) is 36.4 Å². The SMILES string of the molecule is O=C1c2cc(C(F)(F)F)ccc2N=C2N(c3ccc4ccoc4c3)CCC12O. The minimum atomic E-state index is -4.58. The predicted molar refractivity (Wildman–Crippen MR) is 96.0 cm³/mol. The van der Waals surface area contributed by atoms with Gasteiger partial charge in [0.1, 0.15) is 11.4 Å². The molecule has 2 aliphatic heterocycles. The Morgan fingerprint density at radius 3 is 2.75 bits per heavy atom. The number of furan rings is 1. The minimum Gasteiger partial charge on any atom is -0.464 e. The molecule has 0 radical (unpaired) electrons. The van der Waals surface area contributed by atoms with Gasteiger partial charge in [0, 0.05) is 35.7 Å². The lowest BCUT2D eigenvalue weighted by atomic mass is 9.87. The molecular formula is C20H13F3N2O3. The predicted octanol–water partition coefficient (Wildman–Crippen LogP) is 4.32. The second-order valence-corrected chi connectivity index (χ2v) is 6.90. The molecule has 3 aromatic rings. The number of alkyl halides is 3. The zero-order valence-corrected chi connectivity index (χ0v) is 14.3. The number of hydrogen-bond donors (Lipinski definition) is 1. The highest BCUT2D eigenvalue weighted by atomic mass is 19.4. The van der Waals surface area contributed by atoms with E-state index in [1.807, 2.05) is 18.2 Å². The van der Waals surface area contributed by atoms with Crippen molar-refractivity contribution in [2.75, 3.05) is 11.4 Å². The smallest absolute Gasteiger partial charge is 0.416 e. The summed E-state index contributed by atoms with van der Waals surface area (Å²) in [6.07, 6.45) is -2.98. The van der Waals surface area contributed by atoms with Crippen LogP contribution in [0.25, 0.3) is 11.0 Å². The highest BCUT2D eigenvalue weighted by molar-refractivity contribution is 6.28. The second-order valence-electron chi connectivity index (χ2n) is 6.90. The molecule has 1 saturated heterocycles. The van der Waals surface area contributed by atoms with Gasteiger partial charge in [0.05, 0.1) is 17.5 Å². The number of amidine groups is 1. The lowest BCUT2D eigenvalue weighted by Gasteiger charge is -2.30. The standard InChI is InChI=1S/C20H13F3N2O3/c21-20(22,23)12-2-4-15-14(9-12)17(26)19(27)6-7-25(18(19)24-15)13-3-1-11-5-8-28-16(11)10-13/h1-5,8-10,27H,6-7H2. The number of ketones is 1. The number of carbonyl (C=O) groups is 1. The van der Waals surface area contributed by atoms with Gasteiger partial charge in [0.2, 0.25) is 5.78 Å². The lowest BCUT2D eigenvalue weighted by Crippen LogP contribution is -2.48. The number of rotatable bonds is 1. The van der Waals surface area contributed by atoms with Gasteiger partial charge in [-0.25, -0.2) is 4.99 Å². The van der Waals surface area contributed by atoms with Crippen LogP contribution in [0.5, 0.6) is 0 Å². The molecule has 0 spiro atoms. The molecule has 0 saturated carbocycles. The molecule has 1 aromatic heterocycles. The number of hydrogen-bond acceptors (Lipinski definition) is 5. The number of nitrogens with zero attached hydrogens (tertiary/aromatic N) is 2. The van der Waals surface area contributed by atoms with Crippen molar-refractivity contribution in [1.82, 2.24) is 0 Å². The van der Waals surface area contributed by atoms with E-state index < -0.39 is 23.1 Å². The van der Waals surface area contributed by atoms with E-state index in [0.29, 0.717) is 17.8 Å². The largest absolute Gasteiger partial charge is 0.464 e. The first kappa shape index (κ1) is 17.0. The molecule has 1 unspecified atom stereocenters. The molecular weight excluding hydrogens is 373 g/mol. The number of halogens is 3. The molecule has 1 N–H and O–H groups in total. The maximum absolute atomic E-state index is 13.0. The minimum absolute atomic E-state index is 0.0382. The van der Waals surface area contributed by atoms with Crippen molar-refractivity contribution in [3.05, 3.63) is 59.9 Å². The number of benzene rings is 2. The first-order valence-electron chi connectivity index (χ1n) is 8.60. The van der Waals surface area contributed by atoms with Crippen molar-refractivity contribution in [3.63, 3.8) is 0 Å². The Hall–Kier alpha value is -3.13. The van der Waals surface area contributed by atoms with Gasteiger partial charge in [-0.3, -0.25) is 4.79 Å². The van der Waals surface area contributed by atoms with Crippen molar-refractivity contribution in [2.45, 2.75) is 18.2 Å². The summed E-state index contributed by atoms with van der Waals surface area (Å²) in [5, 5.41) is 11.9. The molecule has 5 nitrogen and oxygen atoms in total. The van der Waals surface area contributed by atoms with Crippen LogP contribution in [0.2, 0.25) is 0 Å². The van der Waals surface area contributed by atoms with E-state index in [2.05, 4.69) is 4.99 Å². The fourth-order valence-electron chi connectivity index (χ4n) is 3.77. The van der Waals surface area contributed by atoms with Crippen molar-refractivity contribution in [2.24, 2.45) is 4.99 Å². The third-order valence-electron chi connectivity index (χ3n) is 5.24. The average Bonchev–Trinajstić information content (AvgIpc) is 3.25. The van der Waals surface area contributed by atoms with Gasteiger partial charge in [-0.1, -0.05) is 0 Å². The summed E-state index contributed by atoms with van der Waals surface area (Å²) in [6.45, 7) is 0.299. The molecule has 28 heavy (non-hydrogen) atoms. The zero-order chi connectivity index (χ0) is 19.7. The van der Waals surface area contributed by atoms with Crippen molar-refractivity contribution in [3.8, 4) is 0 Å². The third kappa shape index (κ3) is 2.31. The molecule has 2 aromatic carbocycles. The molecule has 0 amide bonds. The van der Waals surface area contributed by atoms with Crippen LogP contribution in [0.15, 0.2) is 58.1 Å². The maximum atomic E-state index is 13.0. The van der Waals surface area contributed by atoms with Crippen molar-refractivity contribution < 1.29 is 27.5 Å². The van der Waals surface area contributed by atoms with Crippen LogP contribution in [-0.4, -0.2) is 28.9 Å². The van der Waals surface area contributed by atoms with E-state index in [1.54, 1.807) is 17.2 Å². The van der Waals surface area contributed by atoms with Crippen LogP contribution < -0.4 is 4.90 Å². The summed E-state index contributed by atoms with van der Waals surface area (Å²) < 4.78 is 44.4. The molecule has 3 heterocycles. The third-order valence-corrected chi connectivity index (χ3v) is 5.24. The molecule has 2 aliphatic rings. The van der Waals surface area contributed by atoms with Crippen LogP contribution in [0.4, 0.5) is 24.5 Å². The maximum Gasteiger partial charge on any atom is 0.416 e. The van der Waals surface area contributed by atoms with Crippen molar-refractivity contribution >= 4 is 34.0 Å². The first-order chi connectivity index (χ1) is 13.3. The van der Waals surface area contributed by atoms with Crippen LogP contribution in [0.1, 0.15) is 22.3 Å². The van der Waals surface area contributed by atoms with E-state index in [9.17, 15) is 23.1 Å². The Morgan fingerprint density at radius 2 is 1.96 bits per heavy atom. The number of anilines is 1.